The molecule has 1 amide bonds. The first-order valence-electron chi connectivity index (χ1n) is 6.61. The molecule has 1 aliphatic heterocycles. The predicted molar refractivity (Wildman–Crippen MR) is 78.3 cm³/mol. The third-order valence-electron chi connectivity index (χ3n) is 3.00. The van der Waals surface area contributed by atoms with Gasteiger partial charge in [0.15, 0.2) is 0 Å². The number of amides is 1. The van der Waals surface area contributed by atoms with E-state index in [0.29, 0.717) is 0 Å². The molecule has 100 valence electrons. The minimum absolute atomic E-state index is 0.145. The number of carbonyl (C=O) groups is 1. The molecule has 0 spiro atoms. The van der Waals surface area contributed by atoms with E-state index in [2.05, 4.69) is 15.2 Å². The molecular weight excluding hydrogens is 238 g/mol. The van der Waals surface area contributed by atoms with E-state index in [1.807, 2.05) is 31.2 Å². The van der Waals surface area contributed by atoms with Crippen LogP contribution in [0.2, 0.25) is 0 Å². The van der Waals surface area contributed by atoms with Crippen molar-refractivity contribution in [1.29, 1.82) is 0 Å². The minimum Gasteiger partial charge on any atom is -0.357 e. The van der Waals surface area contributed by atoms with E-state index in [4.69, 9.17) is 0 Å². The van der Waals surface area contributed by atoms with Crippen molar-refractivity contribution in [2.75, 3.05) is 23.3 Å². The van der Waals surface area contributed by atoms with Crippen LogP contribution in [-0.4, -0.2) is 24.0 Å². The van der Waals surface area contributed by atoms with E-state index in [0.717, 1.165) is 24.6 Å². The Morgan fingerprint density at radius 3 is 2.74 bits per heavy atom. The summed E-state index contributed by atoms with van der Waals surface area (Å²) in [6.45, 7) is 4.05. The van der Waals surface area contributed by atoms with Crippen LogP contribution in [0.5, 0.6) is 0 Å². The number of carbonyl (C=O) groups excluding carboxylic acids is 1. The standard InChI is InChI=1S/C15H19N3O/c1-2-3-4-7-15(19)17-13-8-9-14(16-12-13)18-10-5-6-11-18/h2-4,7-9,12H,5-6,10-11H2,1H3,(H,17,19)/b3-2+,7-4+. The summed E-state index contributed by atoms with van der Waals surface area (Å²) in [6, 6.07) is 3.85. The molecule has 0 aliphatic carbocycles. The van der Waals surface area contributed by atoms with Gasteiger partial charge < -0.3 is 10.2 Å². The van der Waals surface area contributed by atoms with Crippen LogP contribution >= 0.6 is 0 Å². The summed E-state index contributed by atoms with van der Waals surface area (Å²) >= 11 is 0. The van der Waals surface area contributed by atoms with Crippen molar-refractivity contribution in [3.05, 3.63) is 42.6 Å². The number of rotatable bonds is 4. The Hall–Kier alpha value is -2.10. The van der Waals surface area contributed by atoms with Crippen LogP contribution in [0.3, 0.4) is 0 Å². The lowest BCUT2D eigenvalue weighted by Gasteiger charge is -2.16. The molecule has 1 fully saturated rings. The number of nitrogens with zero attached hydrogens (tertiary/aromatic N) is 2. The molecule has 2 rings (SSSR count). The van der Waals surface area contributed by atoms with Gasteiger partial charge in [-0.15, -0.1) is 0 Å². The third kappa shape index (κ3) is 3.95. The first-order chi connectivity index (χ1) is 9.29. The average Bonchev–Trinajstić information content (AvgIpc) is 2.94. The lowest BCUT2D eigenvalue weighted by Crippen LogP contribution is -2.18. The fourth-order valence-electron chi connectivity index (χ4n) is 2.03. The molecule has 4 heteroatoms. The van der Waals surface area contributed by atoms with Crippen LogP contribution in [0.4, 0.5) is 11.5 Å². The number of allylic oxidation sites excluding steroid dienone is 3. The zero-order valence-corrected chi connectivity index (χ0v) is 11.2. The maximum atomic E-state index is 11.6. The van der Waals surface area contributed by atoms with Crippen LogP contribution in [0.15, 0.2) is 42.6 Å². The van der Waals surface area contributed by atoms with Crippen LogP contribution in [0.25, 0.3) is 0 Å². The Morgan fingerprint density at radius 2 is 2.11 bits per heavy atom. The van der Waals surface area contributed by atoms with Crippen LogP contribution in [0, 0.1) is 0 Å². The van der Waals surface area contributed by atoms with Gasteiger partial charge in [0.25, 0.3) is 0 Å². The summed E-state index contributed by atoms with van der Waals surface area (Å²) in [5, 5.41) is 2.78. The van der Waals surface area contributed by atoms with Gasteiger partial charge in [0.1, 0.15) is 5.82 Å². The first kappa shape index (κ1) is 13.3. The fourth-order valence-corrected chi connectivity index (χ4v) is 2.03. The van der Waals surface area contributed by atoms with Gasteiger partial charge in [-0.2, -0.15) is 0 Å². The van der Waals surface area contributed by atoms with Crippen molar-refractivity contribution in [2.24, 2.45) is 0 Å². The summed E-state index contributed by atoms with van der Waals surface area (Å²) in [5.74, 6) is 0.841. The SMILES string of the molecule is C/C=C/C=C/C(=O)Nc1ccc(N2CCCC2)nc1. The summed E-state index contributed by atoms with van der Waals surface area (Å²) in [5.41, 5.74) is 0.720. The van der Waals surface area contributed by atoms with Crippen LogP contribution in [0.1, 0.15) is 19.8 Å². The lowest BCUT2D eigenvalue weighted by atomic mass is 10.3. The van der Waals surface area contributed by atoms with Crippen molar-refractivity contribution < 1.29 is 4.79 Å². The molecule has 4 nitrogen and oxygen atoms in total. The van der Waals surface area contributed by atoms with Gasteiger partial charge in [0, 0.05) is 19.2 Å². The highest BCUT2D eigenvalue weighted by molar-refractivity contribution is 5.99. The van der Waals surface area contributed by atoms with Gasteiger partial charge in [0.05, 0.1) is 11.9 Å². The molecule has 0 radical (unpaired) electrons. The Kier molecular flexibility index (Phi) is 4.72. The van der Waals surface area contributed by atoms with Gasteiger partial charge in [0.2, 0.25) is 5.91 Å². The highest BCUT2D eigenvalue weighted by Gasteiger charge is 2.12. The number of hydrogen-bond acceptors (Lipinski definition) is 3. The Bertz CT molecular complexity index is 471. The van der Waals surface area contributed by atoms with Crippen molar-refractivity contribution in [3.63, 3.8) is 0 Å². The predicted octanol–water partition coefficient (Wildman–Crippen LogP) is 2.75. The second-order valence-electron chi connectivity index (χ2n) is 4.47. The molecule has 1 saturated heterocycles. The largest absolute Gasteiger partial charge is 0.357 e. The zero-order valence-electron chi connectivity index (χ0n) is 11.2. The molecule has 0 atom stereocenters. The zero-order chi connectivity index (χ0) is 13.5. The topological polar surface area (TPSA) is 45.2 Å². The van der Waals surface area contributed by atoms with Gasteiger partial charge >= 0.3 is 0 Å². The van der Waals surface area contributed by atoms with Crippen LogP contribution in [-0.2, 0) is 4.79 Å². The molecule has 2 heterocycles. The van der Waals surface area contributed by atoms with Crippen molar-refractivity contribution >= 4 is 17.4 Å². The second-order valence-corrected chi connectivity index (χ2v) is 4.47. The van der Waals surface area contributed by atoms with Gasteiger partial charge in [-0.3, -0.25) is 4.79 Å². The molecule has 0 saturated carbocycles. The number of hydrogen-bond donors (Lipinski definition) is 1. The molecule has 1 aromatic rings. The maximum Gasteiger partial charge on any atom is 0.248 e. The summed E-state index contributed by atoms with van der Waals surface area (Å²) in [7, 11) is 0. The Morgan fingerprint density at radius 1 is 1.32 bits per heavy atom. The van der Waals surface area contributed by atoms with E-state index < -0.39 is 0 Å². The molecular formula is C15H19N3O. The summed E-state index contributed by atoms with van der Waals surface area (Å²) in [4.78, 5) is 18.2. The normalized spacial score (nSPS) is 15.5. The Labute approximate surface area is 113 Å². The molecule has 1 aromatic heterocycles. The van der Waals surface area contributed by atoms with Crippen LogP contribution < -0.4 is 10.2 Å². The Balaban J connectivity index is 1.92. The summed E-state index contributed by atoms with van der Waals surface area (Å²) in [6.07, 6.45) is 11.1. The molecule has 0 aromatic carbocycles. The van der Waals surface area contributed by atoms with Gasteiger partial charge in [-0.05, 0) is 31.9 Å². The maximum absolute atomic E-state index is 11.6. The monoisotopic (exact) mass is 257 g/mol. The third-order valence-corrected chi connectivity index (χ3v) is 3.00. The van der Waals surface area contributed by atoms with E-state index in [1.54, 1.807) is 12.3 Å². The smallest absolute Gasteiger partial charge is 0.248 e. The van der Waals surface area contributed by atoms with Crippen molar-refractivity contribution in [3.8, 4) is 0 Å². The quantitative estimate of drug-likeness (QED) is 0.666. The van der Waals surface area contributed by atoms with E-state index in [-0.39, 0.29) is 5.91 Å². The average molecular weight is 257 g/mol. The number of pyridine rings is 1. The minimum atomic E-state index is -0.145. The van der Waals surface area contributed by atoms with E-state index in [9.17, 15) is 4.79 Å². The highest BCUT2D eigenvalue weighted by Crippen LogP contribution is 2.18. The fraction of sp³-hybridized carbons (Fsp3) is 0.333. The molecule has 1 N–H and O–H groups in total. The first-order valence-corrected chi connectivity index (χ1v) is 6.61. The highest BCUT2D eigenvalue weighted by atomic mass is 16.1. The number of anilines is 2. The number of nitrogens with one attached hydrogen (secondary N) is 1. The molecule has 19 heavy (non-hydrogen) atoms. The second kappa shape index (κ2) is 6.73. The van der Waals surface area contributed by atoms with Crippen molar-refractivity contribution in [2.45, 2.75) is 19.8 Å². The lowest BCUT2D eigenvalue weighted by molar-refractivity contribution is -0.111. The molecule has 0 bridgehead atoms. The van der Waals surface area contributed by atoms with E-state index in [1.165, 1.54) is 18.9 Å². The van der Waals surface area contributed by atoms with Gasteiger partial charge in [-0.1, -0.05) is 18.2 Å². The van der Waals surface area contributed by atoms with E-state index >= 15 is 0 Å². The van der Waals surface area contributed by atoms with Gasteiger partial charge in [-0.25, -0.2) is 4.98 Å². The molecule has 1 aliphatic rings. The number of aromatic nitrogens is 1. The summed E-state index contributed by atoms with van der Waals surface area (Å²) < 4.78 is 0. The van der Waals surface area contributed by atoms with Crippen molar-refractivity contribution in [1.82, 2.24) is 4.98 Å². The molecule has 0 unspecified atom stereocenters.